The van der Waals surface area contributed by atoms with Crippen LogP contribution in [0.4, 0.5) is 15.3 Å². The number of carbonyl (C=O) groups excluding carboxylic acids is 7. The quantitative estimate of drug-likeness (QED) is 0.0574. The van der Waals surface area contributed by atoms with Crippen LogP contribution in [0.25, 0.3) is 11.1 Å². The fourth-order valence-corrected chi connectivity index (χ4v) is 6.63. The molecular formula is C46H62N8O11. The van der Waals surface area contributed by atoms with Crippen LogP contribution < -0.4 is 37.6 Å². The van der Waals surface area contributed by atoms with E-state index in [0.29, 0.717) is 30.4 Å². The van der Waals surface area contributed by atoms with Crippen LogP contribution in [0.2, 0.25) is 0 Å². The summed E-state index contributed by atoms with van der Waals surface area (Å²) in [4.78, 5) is 89.2. The van der Waals surface area contributed by atoms with E-state index in [4.69, 9.17) is 24.7 Å². The van der Waals surface area contributed by atoms with Gasteiger partial charge in [-0.25, -0.2) is 9.59 Å². The zero-order chi connectivity index (χ0) is 47.3. The molecule has 7 amide bonds. The summed E-state index contributed by atoms with van der Waals surface area (Å²) in [5, 5.41) is 16.0. The number of hydrogen-bond acceptors (Lipinski definition) is 12. The molecule has 3 aromatic rings. The summed E-state index contributed by atoms with van der Waals surface area (Å²) >= 11 is 0. The summed E-state index contributed by atoms with van der Waals surface area (Å²) in [5.74, 6) is -3.53. The van der Waals surface area contributed by atoms with Crippen molar-refractivity contribution in [3.63, 3.8) is 0 Å². The first kappa shape index (κ1) is 51.1. The maximum atomic E-state index is 13.1. The van der Waals surface area contributed by atoms with Crippen molar-refractivity contribution in [2.45, 2.75) is 77.2 Å². The van der Waals surface area contributed by atoms with Crippen molar-refractivity contribution >= 4 is 47.4 Å². The lowest BCUT2D eigenvalue weighted by Crippen LogP contribution is -2.55. The van der Waals surface area contributed by atoms with E-state index in [1.54, 1.807) is 31.3 Å². The molecule has 0 aliphatic heterocycles. The lowest BCUT2D eigenvalue weighted by Gasteiger charge is -2.22. The Kier molecular flexibility index (Phi) is 20.6. The molecule has 65 heavy (non-hydrogen) atoms. The van der Waals surface area contributed by atoms with Crippen molar-refractivity contribution in [2.24, 2.45) is 5.73 Å². The van der Waals surface area contributed by atoms with Crippen molar-refractivity contribution in [3.8, 4) is 11.1 Å². The molecule has 1 aliphatic carbocycles. The summed E-state index contributed by atoms with van der Waals surface area (Å²) in [7, 11) is 1.64. The minimum absolute atomic E-state index is 0.00280. The van der Waals surface area contributed by atoms with Gasteiger partial charge < -0.3 is 61.5 Å². The molecule has 3 aromatic carbocycles. The lowest BCUT2D eigenvalue weighted by molar-refractivity contribution is -0.133. The number of fused-ring (bicyclic) bond motifs is 3. The summed E-state index contributed by atoms with van der Waals surface area (Å²) in [6.07, 6.45) is -1.60. The van der Waals surface area contributed by atoms with Gasteiger partial charge >= 0.3 is 12.2 Å². The van der Waals surface area contributed by atoms with E-state index >= 15 is 0 Å². The molecule has 0 spiro atoms. The number of alkyl carbamates (subject to hydrolysis) is 1. The van der Waals surface area contributed by atoms with E-state index in [9.17, 15) is 33.6 Å². The van der Waals surface area contributed by atoms with Crippen LogP contribution >= 0.6 is 0 Å². The first-order valence-electron chi connectivity index (χ1n) is 21.6. The molecule has 1 aliphatic rings. The SMILES string of the molecule is CC(C)NCCN(C)C(=O)OCc1ccc(NC(=O)[C@H](CC(N)=O)NC(=O)C(C)NC(=O)[C@H](C)NC(=O)CCOCCOCCNC(=O)OCC2c3ccccc3-c3ccccc32)cc1. The number of nitrogens with zero attached hydrogens (tertiary/aromatic N) is 1. The second-order valence-electron chi connectivity index (χ2n) is 15.7. The van der Waals surface area contributed by atoms with Crippen molar-refractivity contribution in [1.82, 2.24) is 31.5 Å². The zero-order valence-corrected chi connectivity index (χ0v) is 37.6. The van der Waals surface area contributed by atoms with Crippen molar-refractivity contribution in [2.75, 3.05) is 65.0 Å². The molecule has 0 fully saturated rings. The van der Waals surface area contributed by atoms with Gasteiger partial charge in [-0.15, -0.1) is 0 Å². The van der Waals surface area contributed by atoms with Gasteiger partial charge in [0.1, 0.15) is 31.3 Å². The Balaban J connectivity index is 1.06. The molecule has 0 aromatic heterocycles. The number of rotatable bonds is 26. The molecule has 3 atom stereocenters. The number of ether oxygens (including phenoxy) is 4. The van der Waals surface area contributed by atoms with Gasteiger partial charge in [-0.05, 0) is 53.8 Å². The van der Waals surface area contributed by atoms with Crippen LogP contribution in [0, 0.1) is 0 Å². The van der Waals surface area contributed by atoms with E-state index in [0.717, 1.165) is 22.3 Å². The van der Waals surface area contributed by atoms with E-state index in [1.165, 1.54) is 18.7 Å². The zero-order valence-electron chi connectivity index (χ0n) is 37.6. The molecule has 8 N–H and O–H groups in total. The van der Waals surface area contributed by atoms with Crippen molar-refractivity contribution in [1.29, 1.82) is 0 Å². The number of hydrogen-bond donors (Lipinski definition) is 7. The number of carbonyl (C=O) groups is 7. The molecule has 0 saturated carbocycles. The Bertz CT molecular complexity index is 2040. The Morgan fingerprint density at radius 1 is 0.692 bits per heavy atom. The second-order valence-corrected chi connectivity index (χ2v) is 15.7. The highest BCUT2D eigenvalue weighted by molar-refractivity contribution is 6.00. The Hall–Kier alpha value is -6.57. The Morgan fingerprint density at radius 2 is 1.29 bits per heavy atom. The number of benzene rings is 3. The molecule has 19 nitrogen and oxygen atoms in total. The molecule has 4 rings (SSSR count). The van der Waals surface area contributed by atoms with Gasteiger partial charge in [-0.1, -0.05) is 74.5 Å². The van der Waals surface area contributed by atoms with Gasteiger partial charge in [0.15, 0.2) is 0 Å². The number of likely N-dealkylation sites (N-methyl/N-ethyl adjacent to an activating group) is 1. The van der Waals surface area contributed by atoms with Gasteiger partial charge in [-0.2, -0.15) is 0 Å². The second kappa shape index (κ2) is 26.3. The average molecular weight is 903 g/mol. The predicted octanol–water partition coefficient (Wildman–Crippen LogP) is 2.52. The number of nitrogens with two attached hydrogens (primary N) is 1. The molecule has 352 valence electrons. The number of primary amides is 1. The van der Waals surface area contributed by atoms with Crippen LogP contribution in [-0.2, 0) is 49.5 Å². The van der Waals surface area contributed by atoms with E-state index < -0.39 is 66.3 Å². The van der Waals surface area contributed by atoms with Crippen LogP contribution in [0.1, 0.15) is 63.1 Å². The molecular weight excluding hydrogens is 841 g/mol. The minimum Gasteiger partial charge on any atom is -0.449 e. The monoisotopic (exact) mass is 902 g/mol. The topological polar surface area (TPSA) is 258 Å². The largest absolute Gasteiger partial charge is 0.449 e. The van der Waals surface area contributed by atoms with Gasteiger partial charge in [0, 0.05) is 50.7 Å². The van der Waals surface area contributed by atoms with Gasteiger partial charge in [0.2, 0.25) is 29.5 Å². The van der Waals surface area contributed by atoms with Crippen LogP contribution in [0.3, 0.4) is 0 Å². The van der Waals surface area contributed by atoms with E-state index in [1.807, 2.05) is 38.1 Å². The summed E-state index contributed by atoms with van der Waals surface area (Å²) in [6, 6.07) is 19.4. The number of anilines is 1. The van der Waals surface area contributed by atoms with E-state index in [-0.39, 0.29) is 58.5 Å². The third-order valence-electron chi connectivity index (χ3n) is 10.2. The maximum absolute atomic E-state index is 13.1. The third-order valence-corrected chi connectivity index (χ3v) is 10.2. The first-order valence-corrected chi connectivity index (χ1v) is 21.6. The van der Waals surface area contributed by atoms with Crippen molar-refractivity contribution in [3.05, 3.63) is 89.5 Å². The van der Waals surface area contributed by atoms with Crippen LogP contribution in [0.5, 0.6) is 0 Å². The molecule has 1 unspecified atom stereocenters. The van der Waals surface area contributed by atoms with Gasteiger partial charge in [0.05, 0.1) is 32.8 Å². The average Bonchev–Trinajstić information content (AvgIpc) is 3.59. The summed E-state index contributed by atoms with van der Waals surface area (Å²) < 4.78 is 21.8. The van der Waals surface area contributed by atoms with Crippen LogP contribution in [-0.4, -0.2) is 131 Å². The van der Waals surface area contributed by atoms with Gasteiger partial charge in [-0.3, -0.25) is 24.0 Å². The molecule has 19 heteroatoms. The Morgan fingerprint density at radius 3 is 1.92 bits per heavy atom. The molecule has 0 heterocycles. The number of amides is 7. The lowest BCUT2D eigenvalue weighted by atomic mass is 9.98. The summed E-state index contributed by atoms with van der Waals surface area (Å²) in [5.41, 5.74) is 10.9. The van der Waals surface area contributed by atoms with E-state index in [2.05, 4.69) is 56.2 Å². The van der Waals surface area contributed by atoms with Crippen molar-refractivity contribution < 1.29 is 52.5 Å². The fourth-order valence-electron chi connectivity index (χ4n) is 6.63. The highest BCUT2D eigenvalue weighted by Crippen LogP contribution is 2.44. The first-order chi connectivity index (χ1) is 31.1. The number of nitrogens with one attached hydrogen (secondary N) is 6. The standard InChI is InChI=1S/C46H62N8O11/c1-29(2)48-19-21-54(5)46(61)65-27-32-14-16-33(17-15-32)52-44(59)39(26-40(47)55)53-43(58)31(4)51-42(57)30(3)50-41(56)18-22-62-24-25-63-23-20-49-45(60)64-28-38-36-12-8-6-10-34(36)35-11-7-9-13-37(35)38/h6-17,29-31,38-39,48H,18-28H2,1-5H3,(H2,47,55)(H,49,60)(H,50,56)(H,51,57)(H,52,59)(H,53,58)/t30-,31?,39-/m0/s1. The molecule has 0 bridgehead atoms. The third kappa shape index (κ3) is 17.2. The predicted molar refractivity (Wildman–Crippen MR) is 241 cm³/mol. The smallest absolute Gasteiger partial charge is 0.409 e. The minimum atomic E-state index is -1.37. The highest BCUT2D eigenvalue weighted by Gasteiger charge is 2.30. The van der Waals surface area contributed by atoms with Crippen LogP contribution in [0.15, 0.2) is 72.8 Å². The summed E-state index contributed by atoms with van der Waals surface area (Å²) in [6.45, 7) is 9.07. The highest BCUT2D eigenvalue weighted by atomic mass is 16.6. The molecule has 0 saturated heterocycles. The fraction of sp³-hybridized carbons (Fsp3) is 0.457. The normalized spacial score (nSPS) is 13.0. The molecule has 0 radical (unpaired) electrons. The van der Waals surface area contributed by atoms with Gasteiger partial charge in [0.25, 0.3) is 0 Å². The maximum Gasteiger partial charge on any atom is 0.409 e. The Labute approximate surface area is 379 Å².